The van der Waals surface area contributed by atoms with Crippen LogP contribution in [0.25, 0.3) is 0 Å². The molecule has 0 heterocycles. The second-order valence-corrected chi connectivity index (χ2v) is 16.9. The molecule has 0 fully saturated rings. The molecule has 3 N–H and O–H groups in total. The molecule has 0 bridgehead atoms. The highest BCUT2D eigenvalue weighted by molar-refractivity contribution is 5.76. The van der Waals surface area contributed by atoms with Crippen LogP contribution in [-0.4, -0.2) is 34.9 Å². The molecule has 316 valence electrons. The van der Waals surface area contributed by atoms with Gasteiger partial charge in [0.2, 0.25) is 5.91 Å². The van der Waals surface area contributed by atoms with Crippen molar-refractivity contribution in [2.24, 2.45) is 0 Å². The maximum Gasteiger partial charge on any atom is 0.220 e. The highest BCUT2D eigenvalue weighted by Gasteiger charge is 2.20. The Labute approximate surface area is 333 Å². The summed E-state index contributed by atoms with van der Waals surface area (Å²) < 4.78 is 0. The third kappa shape index (κ3) is 42.1. The Bertz CT molecular complexity index is 725. The molecule has 0 aromatic carbocycles. The van der Waals surface area contributed by atoms with E-state index in [1.165, 1.54) is 225 Å². The average molecular weight is 748 g/mol. The molecule has 0 aromatic heterocycles. The SMILES string of the molecule is CCCCCCCC/C=C\CCCCCCCCCCCC(=O)NC(CO)C(O)CCCCCCCCCCCCCCCCCCCCCCCC. The van der Waals surface area contributed by atoms with Gasteiger partial charge in [-0.2, -0.15) is 0 Å². The standard InChI is InChI=1S/C49H97NO3/c1-3-5-7-9-11-13-15-17-19-21-23-24-25-27-28-30-32-34-36-38-40-42-44-48(52)47(46-51)50-49(53)45-43-41-39-37-35-33-31-29-26-22-20-18-16-14-12-10-8-6-4-2/h18,20,47-48,51-52H,3-17,19,21-46H2,1-2H3,(H,50,53)/b20-18-. The minimum atomic E-state index is -0.657. The molecule has 4 nitrogen and oxygen atoms in total. The summed E-state index contributed by atoms with van der Waals surface area (Å²) >= 11 is 0. The van der Waals surface area contributed by atoms with Crippen molar-refractivity contribution in [1.82, 2.24) is 5.32 Å². The number of hydrogen-bond acceptors (Lipinski definition) is 3. The van der Waals surface area contributed by atoms with Crippen molar-refractivity contribution in [1.29, 1.82) is 0 Å². The Kier molecular flexibility index (Phi) is 44.8. The van der Waals surface area contributed by atoms with E-state index in [9.17, 15) is 15.0 Å². The summed E-state index contributed by atoms with van der Waals surface area (Å²) in [7, 11) is 0. The van der Waals surface area contributed by atoms with Gasteiger partial charge in [0.05, 0.1) is 18.8 Å². The highest BCUT2D eigenvalue weighted by atomic mass is 16.3. The number of hydrogen-bond donors (Lipinski definition) is 3. The summed E-state index contributed by atoms with van der Waals surface area (Å²) in [6, 6.07) is -0.534. The lowest BCUT2D eigenvalue weighted by Crippen LogP contribution is -2.45. The molecule has 0 aliphatic heterocycles. The number of aliphatic hydroxyl groups is 2. The summed E-state index contributed by atoms with van der Waals surface area (Å²) in [5, 5.41) is 23.3. The van der Waals surface area contributed by atoms with Gasteiger partial charge in [-0.25, -0.2) is 0 Å². The van der Waals surface area contributed by atoms with Crippen LogP contribution in [0.15, 0.2) is 12.2 Å². The Morgan fingerprint density at radius 1 is 0.434 bits per heavy atom. The van der Waals surface area contributed by atoms with Crippen LogP contribution in [0.1, 0.15) is 277 Å². The van der Waals surface area contributed by atoms with Gasteiger partial charge < -0.3 is 15.5 Å². The third-order valence-corrected chi connectivity index (χ3v) is 11.5. The van der Waals surface area contributed by atoms with Gasteiger partial charge in [-0.3, -0.25) is 4.79 Å². The van der Waals surface area contributed by atoms with E-state index in [-0.39, 0.29) is 12.5 Å². The number of carbonyl (C=O) groups excluding carboxylic acids is 1. The molecular weight excluding hydrogens is 651 g/mol. The van der Waals surface area contributed by atoms with Crippen molar-refractivity contribution in [3.8, 4) is 0 Å². The molecule has 53 heavy (non-hydrogen) atoms. The second-order valence-electron chi connectivity index (χ2n) is 16.9. The summed E-state index contributed by atoms with van der Waals surface area (Å²) in [5.74, 6) is -0.0294. The van der Waals surface area contributed by atoms with Crippen LogP contribution in [-0.2, 0) is 4.79 Å². The molecule has 0 aliphatic carbocycles. The van der Waals surface area contributed by atoms with Gasteiger partial charge >= 0.3 is 0 Å². The van der Waals surface area contributed by atoms with Crippen LogP contribution in [0.4, 0.5) is 0 Å². The predicted octanol–water partition coefficient (Wildman–Crippen LogP) is 15.4. The second kappa shape index (κ2) is 45.5. The maximum atomic E-state index is 12.4. The van der Waals surface area contributed by atoms with Crippen LogP contribution in [0.5, 0.6) is 0 Å². The molecule has 0 rings (SSSR count). The van der Waals surface area contributed by atoms with Crippen LogP contribution in [0.3, 0.4) is 0 Å². The predicted molar refractivity (Wildman–Crippen MR) is 235 cm³/mol. The normalized spacial score (nSPS) is 12.9. The molecule has 0 aliphatic rings. The number of carbonyl (C=O) groups is 1. The zero-order valence-corrected chi connectivity index (χ0v) is 36.3. The van der Waals surface area contributed by atoms with E-state index >= 15 is 0 Å². The van der Waals surface area contributed by atoms with E-state index in [1.807, 2.05) is 0 Å². The lowest BCUT2D eigenvalue weighted by atomic mass is 10.0. The summed E-state index contributed by atoms with van der Waals surface area (Å²) in [4.78, 5) is 12.4. The number of unbranched alkanes of at least 4 members (excludes halogenated alkanes) is 36. The van der Waals surface area contributed by atoms with E-state index < -0.39 is 12.1 Å². The fraction of sp³-hybridized carbons (Fsp3) is 0.939. The van der Waals surface area contributed by atoms with Crippen LogP contribution in [0, 0.1) is 0 Å². The van der Waals surface area contributed by atoms with Crippen molar-refractivity contribution in [3.63, 3.8) is 0 Å². The van der Waals surface area contributed by atoms with Crippen molar-refractivity contribution in [3.05, 3.63) is 12.2 Å². The molecule has 0 spiro atoms. The molecule has 0 radical (unpaired) electrons. The Morgan fingerprint density at radius 2 is 0.717 bits per heavy atom. The van der Waals surface area contributed by atoms with Crippen molar-refractivity contribution in [2.45, 2.75) is 289 Å². The van der Waals surface area contributed by atoms with E-state index in [2.05, 4.69) is 31.3 Å². The van der Waals surface area contributed by atoms with Crippen molar-refractivity contribution < 1.29 is 15.0 Å². The fourth-order valence-electron chi connectivity index (χ4n) is 7.77. The van der Waals surface area contributed by atoms with Gasteiger partial charge in [-0.1, -0.05) is 244 Å². The molecular formula is C49H97NO3. The van der Waals surface area contributed by atoms with Crippen molar-refractivity contribution >= 4 is 5.91 Å². The van der Waals surface area contributed by atoms with Gasteiger partial charge in [0.1, 0.15) is 0 Å². The van der Waals surface area contributed by atoms with Crippen LogP contribution < -0.4 is 5.32 Å². The lowest BCUT2D eigenvalue weighted by Gasteiger charge is -2.22. The molecule has 1 amide bonds. The van der Waals surface area contributed by atoms with Gasteiger partial charge in [0, 0.05) is 6.42 Å². The Hall–Kier alpha value is -0.870. The zero-order valence-electron chi connectivity index (χ0n) is 36.3. The van der Waals surface area contributed by atoms with E-state index in [1.54, 1.807) is 0 Å². The zero-order chi connectivity index (χ0) is 38.6. The van der Waals surface area contributed by atoms with Gasteiger partial charge in [0.15, 0.2) is 0 Å². The Balaban J connectivity index is 3.46. The molecule has 0 saturated carbocycles. The van der Waals surface area contributed by atoms with Crippen molar-refractivity contribution in [2.75, 3.05) is 6.61 Å². The first-order valence-corrected chi connectivity index (χ1v) is 24.4. The number of allylic oxidation sites excluding steroid dienone is 2. The van der Waals surface area contributed by atoms with E-state index in [0.29, 0.717) is 12.8 Å². The topological polar surface area (TPSA) is 69.6 Å². The number of rotatable bonds is 45. The molecule has 2 unspecified atom stereocenters. The number of amides is 1. The first-order chi connectivity index (χ1) is 26.2. The van der Waals surface area contributed by atoms with Crippen LogP contribution >= 0.6 is 0 Å². The van der Waals surface area contributed by atoms with Gasteiger partial charge in [-0.15, -0.1) is 0 Å². The molecule has 0 saturated heterocycles. The third-order valence-electron chi connectivity index (χ3n) is 11.5. The minimum Gasteiger partial charge on any atom is -0.394 e. The first-order valence-electron chi connectivity index (χ1n) is 24.4. The number of aliphatic hydroxyl groups excluding tert-OH is 2. The van der Waals surface area contributed by atoms with E-state index in [0.717, 1.165) is 25.7 Å². The Morgan fingerprint density at radius 3 is 1.04 bits per heavy atom. The lowest BCUT2D eigenvalue weighted by molar-refractivity contribution is -0.123. The first kappa shape index (κ1) is 52.1. The largest absolute Gasteiger partial charge is 0.394 e. The smallest absolute Gasteiger partial charge is 0.220 e. The van der Waals surface area contributed by atoms with Gasteiger partial charge in [-0.05, 0) is 38.5 Å². The highest BCUT2D eigenvalue weighted by Crippen LogP contribution is 2.17. The minimum absolute atomic E-state index is 0.0294. The quantitative estimate of drug-likeness (QED) is 0.0429. The molecule has 4 heteroatoms. The molecule has 2 atom stereocenters. The average Bonchev–Trinajstić information content (AvgIpc) is 3.16. The van der Waals surface area contributed by atoms with E-state index in [4.69, 9.17) is 0 Å². The summed E-state index contributed by atoms with van der Waals surface area (Å²) in [6.45, 7) is 4.38. The summed E-state index contributed by atoms with van der Waals surface area (Å²) in [6.07, 6.45) is 57.3. The fourth-order valence-corrected chi connectivity index (χ4v) is 7.77. The monoisotopic (exact) mass is 748 g/mol. The van der Waals surface area contributed by atoms with Crippen LogP contribution in [0.2, 0.25) is 0 Å². The number of nitrogens with one attached hydrogen (secondary N) is 1. The van der Waals surface area contributed by atoms with Gasteiger partial charge in [0.25, 0.3) is 0 Å². The molecule has 0 aromatic rings. The maximum absolute atomic E-state index is 12.4. The summed E-state index contributed by atoms with van der Waals surface area (Å²) in [5.41, 5.74) is 0.